The van der Waals surface area contributed by atoms with Crippen LogP contribution in [0.4, 0.5) is 0 Å². The summed E-state index contributed by atoms with van der Waals surface area (Å²) < 4.78 is 6.12. The second kappa shape index (κ2) is 6.46. The van der Waals surface area contributed by atoms with Gasteiger partial charge in [0.15, 0.2) is 5.15 Å². The summed E-state index contributed by atoms with van der Waals surface area (Å²) in [5.74, 6) is 0.651. The minimum Gasteiger partial charge on any atom is -0.360 e. The first-order chi connectivity index (χ1) is 10.6. The van der Waals surface area contributed by atoms with Gasteiger partial charge in [-0.3, -0.25) is 4.79 Å². The maximum absolute atomic E-state index is 12.2. The molecule has 2 aromatic heterocycles. The van der Waals surface area contributed by atoms with Crippen molar-refractivity contribution in [1.82, 2.24) is 15.0 Å². The third-order valence-corrected chi connectivity index (χ3v) is 4.45. The highest BCUT2D eigenvalue weighted by atomic mass is 35.5. The lowest BCUT2D eigenvalue weighted by atomic mass is 10.2. The van der Waals surface area contributed by atoms with Gasteiger partial charge >= 0.3 is 0 Å². The molecule has 0 radical (unpaired) electrons. The number of benzene rings is 1. The number of aromatic nitrogens is 2. The Labute approximate surface area is 136 Å². The zero-order chi connectivity index (χ0) is 15.5. The Morgan fingerprint density at radius 1 is 1.41 bits per heavy atom. The summed E-state index contributed by atoms with van der Waals surface area (Å²) in [6.45, 7) is 0.509. The van der Waals surface area contributed by atoms with Crippen LogP contribution in [-0.4, -0.2) is 28.0 Å². The Morgan fingerprint density at radius 2 is 2.23 bits per heavy atom. The SMILES string of the molecule is CN(Cc1nc2ccccc2s1)C(=O)CCc1cc(Cl)no1. The summed E-state index contributed by atoms with van der Waals surface area (Å²) in [4.78, 5) is 18.4. The van der Waals surface area contributed by atoms with Crippen molar-refractivity contribution >= 4 is 39.1 Å². The number of hydrogen-bond donors (Lipinski definition) is 0. The van der Waals surface area contributed by atoms with Gasteiger partial charge in [-0.1, -0.05) is 28.9 Å². The Bertz CT molecular complexity index is 766. The number of amides is 1. The van der Waals surface area contributed by atoms with E-state index >= 15 is 0 Å². The van der Waals surface area contributed by atoms with E-state index in [1.165, 1.54) is 0 Å². The Morgan fingerprint density at radius 3 is 2.95 bits per heavy atom. The van der Waals surface area contributed by atoms with Gasteiger partial charge in [-0.25, -0.2) is 4.98 Å². The summed E-state index contributed by atoms with van der Waals surface area (Å²) >= 11 is 7.29. The predicted molar refractivity (Wildman–Crippen MR) is 85.9 cm³/mol. The first-order valence-electron chi connectivity index (χ1n) is 6.81. The van der Waals surface area contributed by atoms with E-state index in [1.807, 2.05) is 24.3 Å². The maximum Gasteiger partial charge on any atom is 0.223 e. The van der Waals surface area contributed by atoms with E-state index < -0.39 is 0 Å². The highest BCUT2D eigenvalue weighted by Crippen LogP contribution is 2.22. The molecule has 1 aromatic carbocycles. The van der Waals surface area contributed by atoms with Crippen LogP contribution in [0.1, 0.15) is 17.2 Å². The van der Waals surface area contributed by atoms with Gasteiger partial charge in [0.05, 0.1) is 16.8 Å². The van der Waals surface area contributed by atoms with Crippen molar-refractivity contribution < 1.29 is 9.32 Å². The molecule has 0 aliphatic rings. The minimum absolute atomic E-state index is 0.0341. The minimum atomic E-state index is 0.0341. The van der Waals surface area contributed by atoms with Crippen molar-refractivity contribution in [3.8, 4) is 0 Å². The summed E-state index contributed by atoms with van der Waals surface area (Å²) in [5.41, 5.74) is 0.972. The fourth-order valence-corrected chi connectivity index (χ4v) is 3.28. The molecule has 3 rings (SSSR count). The Hall–Kier alpha value is -1.92. The molecule has 5 nitrogen and oxygen atoms in total. The van der Waals surface area contributed by atoms with Gasteiger partial charge in [-0.05, 0) is 12.1 Å². The van der Waals surface area contributed by atoms with E-state index in [9.17, 15) is 4.79 Å². The molecule has 114 valence electrons. The van der Waals surface area contributed by atoms with Gasteiger partial charge < -0.3 is 9.42 Å². The molecule has 2 heterocycles. The third-order valence-electron chi connectivity index (χ3n) is 3.25. The van der Waals surface area contributed by atoms with Crippen LogP contribution in [0.2, 0.25) is 5.15 Å². The van der Waals surface area contributed by atoms with Crippen molar-refractivity contribution in [2.24, 2.45) is 0 Å². The molecular formula is C15H14ClN3O2S. The molecule has 0 saturated heterocycles. The molecule has 1 amide bonds. The summed E-state index contributed by atoms with van der Waals surface area (Å²) in [5, 5.41) is 4.83. The number of fused-ring (bicyclic) bond motifs is 1. The number of nitrogens with zero attached hydrogens (tertiary/aromatic N) is 3. The van der Waals surface area contributed by atoms with Crippen LogP contribution in [0, 0.1) is 0 Å². The average Bonchev–Trinajstić information content (AvgIpc) is 3.09. The molecule has 0 bridgehead atoms. The van der Waals surface area contributed by atoms with E-state index in [0.717, 1.165) is 15.2 Å². The van der Waals surface area contributed by atoms with E-state index in [4.69, 9.17) is 16.1 Å². The average molecular weight is 336 g/mol. The lowest BCUT2D eigenvalue weighted by molar-refractivity contribution is -0.130. The van der Waals surface area contributed by atoms with Crippen molar-refractivity contribution in [2.45, 2.75) is 19.4 Å². The Kier molecular flexibility index (Phi) is 4.40. The molecule has 0 aliphatic carbocycles. The van der Waals surface area contributed by atoms with Crippen molar-refractivity contribution in [1.29, 1.82) is 0 Å². The normalized spacial score (nSPS) is 11.0. The highest BCUT2D eigenvalue weighted by Gasteiger charge is 2.13. The van der Waals surface area contributed by atoms with Crippen LogP contribution in [0.3, 0.4) is 0 Å². The van der Waals surface area contributed by atoms with Gasteiger partial charge in [0, 0.05) is 26.0 Å². The lowest BCUT2D eigenvalue weighted by Crippen LogP contribution is -2.26. The number of halogens is 1. The fourth-order valence-electron chi connectivity index (χ4n) is 2.11. The standard InChI is InChI=1S/C15H14ClN3O2S/c1-19(15(20)7-6-10-8-13(16)18-21-10)9-14-17-11-4-2-3-5-12(11)22-14/h2-5,8H,6-7,9H2,1H3. The van der Waals surface area contributed by atoms with Crippen molar-refractivity contribution in [3.05, 3.63) is 46.3 Å². The summed E-state index contributed by atoms with van der Waals surface area (Å²) in [6.07, 6.45) is 0.843. The predicted octanol–water partition coefficient (Wildman–Crippen LogP) is 3.53. The second-order valence-corrected chi connectivity index (χ2v) is 6.44. The number of thiazole rings is 1. The third kappa shape index (κ3) is 3.45. The number of aryl methyl sites for hydroxylation is 1. The smallest absolute Gasteiger partial charge is 0.223 e. The zero-order valence-corrected chi connectivity index (χ0v) is 13.5. The molecular weight excluding hydrogens is 322 g/mol. The van der Waals surface area contributed by atoms with E-state index in [-0.39, 0.29) is 5.91 Å². The molecule has 0 N–H and O–H groups in total. The number of carbonyl (C=O) groups is 1. The van der Waals surface area contributed by atoms with Crippen LogP contribution >= 0.6 is 22.9 Å². The first kappa shape index (κ1) is 15.0. The van der Waals surface area contributed by atoms with Gasteiger partial charge in [0.2, 0.25) is 5.91 Å². The molecule has 0 spiro atoms. The number of rotatable bonds is 5. The number of hydrogen-bond acceptors (Lipinski definition) is 5. The Balaban J connectivity index is 1.58. The summed E-state index contributed by atoms with van der Waals surface area (Å²) in [7, 11) is 1.78. The van der Waals surface area contributed by atoms with Gasteiger partial charge in [-0.2, -0.15) is 0 Å². The van der Waals surface area contributed by atoms with Gasteiger partial charge in [0.25, 0.3) is 0 Å². The lowest BCUT2D eigenvalue weighted by Gasteiger charge is -2.14. The van der Waals surface area contributed by atoms with Crippen molar-refractivity contribution in [3.63, 3.8) is 0 Å². The maximum atomic E-state index is 12.2. The molecule has 22 heavy (non-hydrogen) atoms. The highest BCUT2D eigenvalue weighted by molar-refractivity contribution is 7.18. The molecule has 0 unspecified atom stereocenters. The van der Waals surface area contributed by atoms with Crippen LogP contribution in [0.15, 0.2) is 34.9 Å². The van der Waals surface area contributed by atoms with Crippen LogP contribution < -0.4 is 0 Å². The zero-order valence-electron chi connectivity index (χ0n) is 12.0. The number of carbonyl (C=O) groups excluding carboxylic acids is 1. The summed E-state index contributed by atoms with van der Waals surface area (Å²) in [6, 6.07) is 9.59. The topological polar surface area (TPSA) is 59.2 Å². The van der Waals surface area contributed by atoms with Crippen LogP contribution in [0.5, 0.6) is 0 Å². The quantitative estimate of drug-likeness (QED) is 0.715. The van der Waals surface area contributed by atoms with Crippen LogP contribution in [-0.2, 0) is 17.8 Å². The largest absolute Gasteiger partial charge is 0.360 e. The van der Waals surface area contributed by atoms with Gasteiger partial charge in [0.1, 0.15) is 10.8 Å². The first-order valence-corrected chi connectivity index (χ1v) is 8.01. The molecule has 3 aromatic rings. The van der Waals surface area contributed by atoms with Crippen molar-refractivity contribution in [2.75, 3.05) is 7.05 Å². The van der Waals surface area contributed by atoms with E-state index in [1.54, 1.807) is 29.4 Å². The van der Waals surface area contributed by atoms with Gasteiger partial charge in [-0.15, -0.1) is 11.3 Å². The van der Waals surface area contributed by atoms with E-state index in [2.05, 4.69) is 10.1 Å². The van der Waals surface area contributed by atoms with Crippen LogP contribution in [0.25, 0.3) is 10.2 Å². The second-order valence-electron chi connectivity index (χ2n) is 4.94. The molecule has 0 fully saturated rings. The molecule has 0 aliphatic heterocycles. The number of para-hydroxylation sites is 1. The fraction of sp³-hybridized carbons (Fsp3) is 0.267. The monoisotopic (exact) mass is 335 g/mol. The van der Waals surface area contributed by atoms with E-state index in [0.29, 0.717) is 30.3 Å². The molecule has 0 atom stereocenters. The molecule has 7 heteroatoms. The molecule has 0 saturated carbocycles.